The van der Waals surface area contributed by atoms with Gasteiger partial charge in [0.2, 0.25) is 0 Å². The Bertz CT molecular complexity index is 1480. The molecular formula is C36H46BrClFN3O4. The number of hydrogen-bond acceptors (Lipinski definition) is 6. The van der Waals surface area contributed by atoms with Gasteiger partial charge in [0, 0.05) is 11.1 Å². The van der Waals surface area contributed by atoms with E-state index in [0.717, 1.165) is 29.3 Å². The van der Waals surface area contributed by atoms with Gasteiger partial charge in [-0.1, -0.05) is 79.5 Å². The summed E-state index contributed by atoms with van der Waals surface area (Å²) >= 11 is 9.73. The van der Waals surface area contributed by atoms with Gasteiger partial charge in [0.15, 0.2) is 5.67 Å². The molecule has 0 amide bonds. The monoisotopic (exact) mass is 717 g/mol. The SMILES string of the molecule is CC(C)C1CCC(c2ccc(Br)cc2)O1.CC(C)[C@@H]1CC[C@H](c2ccc(-n3ncc(NC[C@@]4(F)CCCOC4)c(Cl)c3=O)cc2)O1. The van der Waals surface area contributed by atoms with Crippen LogP contribution in [0.1, 0.15) is 89.6 Å². The first-order valence-electron chi connectivity index (χ1n) is 16.5. The van der Waals surface area contributed by atoms with Crippen LogP contribution in [0.5, 0.6) is 0 Å². The number of benzene rings is 2. The van der Waals surface area contributed by atoms with E-state index in [1.54, 1.807) is 0 Å². The van der Waals surface area contributed by atoms with Crippen LogP contribution < -0.4 is 10.9 Å². The van der Waals surface area contributed by atoms with Crippen LogP contribution >= 0.6 is 27.5 Å². The Labute approximate surface area is 285 Å². The summed E-state index contributed by atoms with van der Waals surface area (Å²) in [6.07, 6.45) is 8.07. The average Bonchev–Trinajstić information content (AvgIpc) is 3.75. The van der Waals surface area contributed by atoms with Crippen molar-refractivity contribution in [3.05, 3.63) is 85.7 Å². The Morgan fingerprint density at radius 1 is 0.957 bits per heavy atom. The number of nitrogens with one attached hydrogen (secondary N) is 1. The van der Waals surface area contributed by atoms with Crippen molar-refractivity contribution >= 4 is 33.2 Å². The van der Waals surface area contributed by atoms with Crippen molar-refractivity contribution in [3.8, 4) is 5.69 Å². The minimum absolute atomic E-state index is 0.0155. The molecule has 0 bridgehead atoms. The fourth-order valence-corrected chi connectivity index (χ4v) is 6.72. The van der Waals surface area contributed by atoms with Gasteiger partial charge in [0.1, 0.15) is 5.02 Å². The summed E-state index contributed by atoms with van der Waals surface area (Å²) in [4.78, 5) is 12.8. The van der Waals surface area contributed by atoms with E-state index < -0.39 is 11.2 Å². The molecule has 0 spiro atoms. The molecule has 4 heterocycles. The van der Waals surface area contributed by atoms with Gasteiger partial charge in [-0.3, -0.25) is 4.79 Å². The molecule has 2 unspecified atom stereocenters. The van der Waals surface area contributed by atoms with Crippen molar-refractivity contribution in [2.45, 2.75) is 96.3 Å². The molecule has 250 valence electrons. The topological polar surface area (TPSA) is 74.6 Å². The molecule has 3 aliphatic heterocycles. The summed E-state index contributed by atoms with van der Waals surface area (Å²) in [6.45, 7) is 9.44. The third-order valence-corrected chi connectivity index (χ3v) is 10.0. The number of aromatic nitrogens is 2. The van der Waals surface area contributed by atoms with Crippen LogP contribution in [0.25, 0.3) is 5.69 Å². The van der Waals surface area contributed by atoms with Gasteiger partial charge in [-0.2, -0.15) is 9.78 Å². The number of hydrogen-bond donors (Lipinski definition) is 1. The molecule has 10 heteroatoms. The second-order valence-electron chi connectivity index (χ2n) is 13.4. The van der Waals surface area contributed by atoms with Crippen LogP contribution in [0.15, 0.2) is 64.0 Å². The van der Waals surface area contributed by atoms with Gasteiger partial charge in [-0.15, -0.1) is 0 Å². The smallest absolute Gasteiger partial charge is 0.292 e. The van der Waals surface area contributed by atoms with Crippen LogP contribution in [0.3, 0.4) is 0 Å². The largest absolute Gasteiger partial charge is 0.379 e. The van der Waals surface area contributed by atoms with Crippen LogP contribution in [0.4, 0.5) is 10.1 Å². The lowest BCUT2D eigenvalue weighted by atomic mass is 9.99. The van der Waals surface area contributed by atoms with Crippen molar-refractivity contribution in [2.75, 3.05) is 25.1 Å². The number of alkyl halides is 1. The predicted molar refractivity (Wildman–Crippen MR) is 185 cm³/mol. The number of ether oxygens (including phenoxy) is 3. The average molecular weight is 719 g/mol. The fourth-order valence-electron chi connectivity index (χ4n) is 6.26. The number of nitrogens with zero attached hydrogens (tertiary/aromatic N) is 2. The van der Waals surface area contributed by atoms with Crippen molar-refractivity contribution < 1.29 is 18.6 Å². The Balaban J connectivity index is 0.000000232. The van der Waals surface area contributed by atoms with Crippen LogP contribution in [0.2, 0.25) is 5.02 Å². The molecule has 3 aromatic rings. The zero-order chi connectivity index (χ0) is 32.8. The van der Waals surface area contributed by atoms with E-state index in [1.165, 1.54) is 22.9 Å². The maximum Gasteiger partial charge on any atom is 0.292 e. The Hall–Kier alpha value is -2.30. The highest BCUT2D eigenvalue weighted by atomic mass is 79.9. The van der Waals surface area contributed by atoms with Gasteiger partial charge < -0.3 is 19.5 Å². The summed E-state index contributed by atoms with van der Waals surface area (Å²) in [7, 11) is 0. The van der Waals surface area contributed by atoms with E-state index in [1.807, 2.05) is 24.3 Å². The molecule has 5 atom stereocenters. The molecule has 3 saturated heterocycles. The third-order valence-electron chi connectivity index (χ3n) is 9.13. The first kappa shape index (κ1) is 35.0. The zero-order valence-electron chi connectivity index (χ0n) is 27.2. The maximum atomic E-state index is 14.7. The highest BCUT2D eigenvalue weighted by molar-refractivity contribution is 9.10. The Morgan fingerprint density at radius 2 is 1.52 bits per heavy atom. The van der Waals surface area contributed by atoms with Gasteiger partial charge in [-0.25, -0.2) is 4.39 Å². The molecule has 1 aromatic heterocycles. The van der Waals surface area contributed by atoms with E-state index >= 15 is 0 Å². The lowest BCUT2D eigenvalue weighted by Crippen LogP contribution is -2.40. The molecule has 46 heavy (non-hydrogen) atoms. The van der Waals surface area contributed by atoms with Gasteiger partial charge in [0.05, 0.1) is 55.1 Å². The first-order valence-corrected chi connectivity index (χ1v) is 17.6. The normalized spacial score (nSPS) is 26.3. The van der Waals surface area contributed by atoms with Gasteiger partial charge in [0.25, 0.3) is 5.56 Å². The van der Waals surface area contributed by atoms with E-state index in [0.29, 0.717) is 54.9 Å². The summed E-state index contributed by atoms with van der Waals surface area (Å²) in [5, 5.41) is 7.14. The van der Waals surface area contributed by atoms with Gasteiger partial charge >= 0.3 is 0 Å². The summed E-state index contributed by atoms with van der Waals surface area (Å²) in [5.74, 6) is 1.13. The zero-order valence-corrected chi connectivity index (χ0v) is 29.5. The summed E-state index contributed by atoms with van der Waals surface area (Å²) < 4.78 is 34.5. The summed E-state index contributed by atoms with van der Waals surface area (Å²) in [6, 6.07) is 16.1. The minimum Gasteiger partial charge on any atom is -0.379 e. The maximum absolute atomic E-state index is 14.7. The predicted octanol–water partition coefficient (Wildman–Crippen LogP) is 9.02. The molecule has 3 aliphatic rings. The van der Waals surface area contributed by atoms with Crippen LogP contribution in [-0.4, -0.2) is 47.4 Å². The van der Waals surface area contributed by atoms with E-state index in [2.05, 4.69) is 78.3 Å². The quantitative estimate of drug-likeness (QED) is 0.251. The van der Waals surface area contributed by atoms with Crippen molar-refractivity contribution in [2.24, 2.45) is 11.8 Å². The highest BCUT2D eigenvalue weighted by Gasteiger charge is 2.33. The first-order chi connectivity index (χ1) is 22.0. The van der Waals surface area contributed by atoms with Crippen LogP contribution in [-0.2, 0) is 14.2 Å². The van der Waals surface area contributed by atoms with E-state index in [9.17, 15) is 9.18 Å². The summed E-state index contributed by atoms with van der Waals surface area (Å²) in [5.41, 5.74) is 1.41. The number of anilines is 1. The number of halogens is 3. The highest BCUT2D eigenvalue weighted by Crippen LogP contribution is 2.37. The molecule has 0 radical (unpaired) electrons. The molecule has 2 aromatic carbocycles. The number of rotatable bonds is 8. The van der Waals surface area contributed by atoms with Crippen LogP contribution in [0, 0.1) is 11.8 Å². The van der Waals surface area contributed by atoms with Crippen molar-refractivity contribution in [1.29, 1.82) is 0 Å². The third kappa shape index (κ3) is 8.78. The fraction of sp³-hybridized carbons (Fsp3) is 0.556. The Kier molecular flexibility index (Phi) is 12.0. The molecule has 0 saturated carbocycles. The standard InChI is InChI=1S/C23H29ClFN3O3.C13H17BrO/c1-15(2)19-8-9-20(31-19)16-4-6-17(7-5-16)28-22(29)21(24)18(12-27-28)26-13-23(25)10-3-11-30-14-23;1-9(2)12-7-8-13(15-12)10-3-5-11(14)6-4-10/h4-7,12,15,19-20,26H,3,8-11,13-14H2,1-2H3;3-6,9,12-13H,7-8H2,1-2H3/t19-,20+,23-;/m0./s1. The van der Waals surface area contributed by atoms with E-state index in [4.69, 9.17) is 25.8 Å². The lowest BCUT2D eigenvalue weighted by Gasteiger charge is -2.29. The van der Waals surface area contributed by atoms with E-state index in [-0.39, 0.29) is 30.4 Å². The molecular weight excluding hydrogens is 673 g/mol. The molecule has 6 rings (SSSR count). The molecule has 1 N–H and O–H groups in total. The van der Waals surface area contributed by atoms with Gasteiger partial charge in [-0.05, 0) is 85.8 Å². The Morgan fingerprint density at radius 3 is 2.02 bits per heavy atom. The lowest BCUT2D eigenvalue weighted by molar-refractivity contribution is -0.0234. The second kappa shape index (κ2) is 15.7. The second-order valence-corrected chi connectivity index (χ2v) is 14.7. The molecule has 7 nitrogen and oxygen atoms in total. The van der Waals surface area contributed by atoms with Crippen molar-refractivity contribution in [1.82, 2.24) is 9.78 Å². The molecule has 0 aliphatic carbocycles. The molecule has 3 fully saturated rings. The minimum atomic E-state index is -1.47. The van der Waals surface area contributed by atoms with Crippen molar-refractivity contribution in [3.63, 3.8) is 0 Å².